The molecule has 0 radical (unpaired) electrons. The number of hydrogen-bond donors (Lipinski definition) is 2. The number of hydrogen-bond acceptors (Lipinski definition) is 3. The van der Waals surface area contributed by atoms with Crippen molar-refractivity contribution in [2.45, 2.75) is 19.9 Å². The van der Waals surface area contributed by atoms with Gasteiger partial charge in [0.1, 0.15) is 0 Å². The highest BCUT2D eigenvalue weighted by Crippen LogP contribution is 2.23. The zero-order valence-electron chi connectivity index (χ0n) is 9.53. The van der Waals surface area contributed by atoms with E-state index in [0.29, 0.717) is 6.04 Å². The average Bonchev–Trinajstić information content (AvgIpc) is 2.68. The van der Waals surface area contributed by atoms with E-state index in [-0.39, 0.29) is 11.8 Å². The van der Waals surface area contributed by atoms with Gasteiger partial charge >= 0.3 is 0 Å². The predicted molar refractivity (Wildman–Crippen MR) is 66.4 cm³/mol. The molecule has 0 saturated carbocycles. The highest BCUT2D eigenvalue weighted by atomic mass is 32.1. The van der Waals surface area contributed by atoms with Gasteiger partial charge in [0, 0.05) is 23.4 Å². The van der Waals surface area contributed by atoms with Crippen LogP contribution in [0.1, 0.15) is 24.8 Å². The average molecular weight is 225 g/mol. The second-order valence-electron chi connectivity index (χ2n) is 3.99. The van der Waals surface area contributed by atoms with E-state index in [9.17, 15) is 0 Å². The molecule has 0 aliphatic rings. The van der Waals surface area contributed by atoms with Crippen molar-refractivity contribution < 1.29 is 0 Å². The lowest BCUT2D eigenvalue weighted by Crippen LogP contribution is -2.33. The molecule has 3 nitrogen and oxygen atoms in total. The van der Waals surface area contributed by atoms with Crippen molar-refractivity contribution >= 4 is 17.2 Å². The van der Waals surface area contributed by atoms with E-state index in [4.69, 9.17) is 11.1 Å². The number of amidine groups is 1. The van der Waals surface area contributed by atoms with E-state index in [2.05, 4.69) is 36.4 Å². The van der Waals surface area contributed by atoms with E-state index in [1.165, 1.54) is 4.88 Å². The van der Waals surface area contributed by atoms with Gasteiger partial charge in [-0.1, -0.05) is 13.0 Å². The van der Waals surface area contributed by atoms with Gasteiger partial charge in [-0.05, 0) is 25.4 Å². The Hall–Kier alpha value is -0.870. The zero-order valence-corrected chi connectivity index (χ0v) is 10.3. The fourth-order valence-corrected chi connectivity index (χ4v) is 2.28. The molecule has 0 amide bonds. The standard InChI is InChI=1S/C11H19N3S/c1-8(11(12)13)7-14(3)9(2)10-5-4-6-15-10/h4-6,8-9H,7H2,1-3H3,(H3,12,13). The largest absolute Gasteiger partial charge is 0.387 e. The predicted octanol–water partition coefficient (Wildman–Crippen LogP) is 2.31. The van der Waals surface area contributed by atoms with Gasteiger partial charge in [-0.2, -0.15) is 0 Å². The number of thiophene rings is 1. The number of nitrogens with zero attached hydrogens (tertiary/aromatic N) is 1. The molecular formula is C11H19N3S. The third-order valence-electron chi connectivity index (χ3n) is 2.71. The minimum Gasteiger partial charge on any atom is -0.387 e. The van der Waals surface area contributed by atoms with Crippen molar-refractivity contribution in [1.29, 1.82) is 5.41 Å². The molecule has 1 rings (SSSR count). The Morgan fingerprint density at radius 3 is 2.73 bits per heavy atom. The summed E-state index contributed by atoms with van der Waals surface area (Å²) in [7, 11) is 2.07. The molecule has 0 bridgehead atoms. The lowest BCUT2D eigenvalue weighted by atomic mass is 10.1. The van der Waals surface area contributed by atoms with E-state index in [0.717, 1.165) is 6.54 Å². The van der Waals surface area contributed by atoms with Crippen LogP contribution < -0.4 is 5.73 Å². The van der Waals surface area contributed by atoms with Gasteiger partial charge < -0.3 is 5.73 Å². The smallest absolute Gasteiger partial charge is 0.0947 e. The quantitative estimate of drug-likeness (QED) is 0.597. The van der Waals surface area contributed by atoms with Crippen LogP contribution in [0.15, 0.2) is 17.5 Å². The topological polar surface area (TPSA) is 53.1 Å². The summed E-state index contributed by atoms with van der Waals surface area (Å²) in [5.41, 5.74) is 5.46. The van der Waals surface area contributed by atoms with Crippen LogP contribution in [0.25, 0.3) is 0 Å². The molecule has 2 unspecified atom stereocenters. The minimum absolute atomic E-state index is 0.123. The highest BCUT2D eigenvalue weighted by molar-refractivity contribution is 7.10. The van der Waals surface area contributed by atoms with Crippen LogP contribution >= 0.6 is 11.3 Å². The van der Waals surface area contributed by atoms with Crippen LogP contribution in [0, 0.1) is 11.3 Å². The number of nitrogens with one attached hydrogen (secondary N) is 1. The Morgan fingerprint density at radius 2 is 2.27 bits per heavy atom. The SMILES string of the molecule is CC(CN(C)C(C)c1cccs1)C(=N)N. The van der Waals surface area contributed by atoms with Crippen molar-refractivity contribution in [2.24, 2.45) is 11.7 Å². The molecule has 1 aromatic rings. The van der Waals surface area contributed by atoms with E-state index >= 15 is 0 Å². The fraction of sp³-hybridized carbons (Fsp3) is 0.545. The fourth-order valence-electron chi connectivity index (χ4n) is 1.43. The first kappa shape index (κ1) is 12.2. The maximum atomic E-state index is 7.36. The molecule has 84 valence electrons. The lowest BCUT2D eigenvalue weighted by Gasteiger charge is -2.26. The molecule has 2 atom stereocenters. The molecule has 0 aliphatic carbocycles. The van der Waals surface area contributed by atoms with Crippen LogP contribution in [-0.4, -0.2) is 24.3 Å². The molecule has 0 aromatic carbocycles. The van der Waals surface area contributed by atoms with Crippen LogP contribution in [-0.2, 0) is 0 Å². The van der Waals surface area contributed by atoms with Crippen LogP contribution in [0.4, 0.5) is 0 Å². The third kappa shape index (κ3) is 3.32. The van der Waals surface area contributed by atoms with Crippen molar-refractivity contribution in [1.82, 2.24) is 4.90 Å². The molecule has 15 heavy (non-hydrogen) atoms. The highest BCUT2D eigenvalue weighted by Gasteiger charge is 2.16. The molecule has 1 aromatic heterocycles. The molecule has 0 aliphatic heterocycles. The molecule has 3 N–H and O–H groups in total. The first-order valence-electron chi connectivity index (χ1n) is 5.10. The van der Waals surface area contributed by atoms with Gasteiger partial charge in [-0.25, -0.2) is 0 Å². The Morgan fingerprint density at radius 1 is 1.60 bits per heavy atom. The lowest BCUT2D eigenvalue weighted by molar-refractivity contribution is 0.249. The molecule has 4 heteroatoms. The summed E-state index contributed by atoms with van der Waals surface area (Å²) in [5, 5.41) is 9.45. The van der Waals surface area contributed by atoms with Crippen LogP contribution in [0.3, 0.4) is 0 Å². The Balaban J connectivity index is 2.54. The van der Waals surface area contributed by atoms with Crippen LogP contribution in [0.5, 0.6) is 0 Å². The van der Waals surface area contributed by atoms with Gasteiger partial charge in [0.2, 0.25) is 0 Å². The van der Waals surface area contributed by atoms with Gasteiger partial charge in [0.15, 0.2) is 0 Å². The normalized spacial score (nSPS) is 15.2. The van der Waals surface area contributed by atoms with Crippen molar-refractivity contribution in [2.75, 3.05) is 13.6 Å². The second-order valence-corrected chi connectivity index (χ2v) is 4.97. The summed E-state index contributed by atoms with van der Waals surface area (Å²) >= 11 is 1.77. The molecule has 0 spiro atoms. The maximum absolute atomic E-state index is 7.36. The third-order valence-corrected chi connectivity index (χ3v) is 3.75. The summed E-state index contributed by atoms with van der Waals surface area (Å²) in [4.78, 5) is 3.59. The maximum Gasteiger partial charge on any atom is 0.0947 e. The summed E-state index contributed by atoms with van der Waals surface area (Å²) in [5.74, 6) is 0.387. The van der Waals surface area contributed by atoms with Crippen LogP contribution in [0.2, 0.25) is 0 Å². The van der Waals surface area contributed by atoms with Gasteiger partial charge in [0.25, 0.3) is 0 Å². The molecule has 0 fully saturated rings. The summed E-state index contributed by atoms with van der Waals surface area (Å²) < 4.78 is 0. The summed E-state index contributed by atoms with van der Waals surface area (Å²) in [6.45, 7) is 4.99. The van der Waals surface area contributed by atoms with E-state index in [1.807, 2.05) is 6.92 Å². The van der Waals surface area contributed by atoms with E-state index < -0.39 is 0 Å². The zero-order chi connectivity index (χ0) is 11.4. The Labute approximate surface area is 95.4 Å². The van der Waals surface area contributed by atoms with Gasteiger partial charge in [-0.3, -0.25) is 10.3 Å². The van der Waals surface area contributed by atoms with Gasteiger partial charge in [0.05, 0.1) is 5.84 Å². The summed E-state index contributed by atoms with van der Waals surface area (Å²) in [6.07, 6.45) is 0. The second kappa shape index (κ2) is 5.28. The Kier molecular flexibility index (Phi) is 4.29. The molecular weight excluding hydrogens is 206 g/mol. The summed E-state index contributed by atoms with van der Waals surface area (Å²) in [6, 6.07) is 4.61. The molecule has 0 saturated heterocycles. The minimum atomic E-state index is 0.123. The Bertz CT molecular complexity index is 308. The number of nitrogens with two attached hydrogens (primary N) is 1. The van der Waals surface area contributed by atoms with Crippen molar-refractivity contribution in [3.05, 3.63) is 22.4 Å². The number of rotatable bonds is 5. The van der Waals surface area contributed by atoms with Gasteiger partial charge in [-0.15, -0.1) is 11.3 Å². The monoisotopic (exact) mass is 225 g/mol. The van der Waals surface area contributed by atoms with Crippen molar-refractivity contribution in [3.8, 4) is 0 Å². The molecule has 1 heterocycles. The van der Waals surface area contributed by atoms with Crippen molar-refractivity contribution in [3.63, 3.8) is 0 Å². The first-order valence-corrected chi connectivity index (χ1v) is 5.98. The first-order chi connectivity index (χ1) is 7.02. The van der Waals surface area contributed by atoms with E-state index in [1.54, 1.807) is 11.3 Å².